The van der Waals surface area contributed by atoms with Gasteiger partial charge in [0, 0.05) is 37.4 Å². The van der Waals surface area contributed by atoms with Gasteiger partial charge >= 0.3 is 0 Å². The summed E-state index contributed by atoms with van der Waals surface area (Å²) in [5.41, 5.74) is 2.77. The monoisotopic (exact) mass is 383 g/mol. The van der Waals surface area contributed by atoms with E-state index in [1.807, 2.05) is 37.9 Å². The number of nitrogens with zero attached hydrogens (tertiary/aromatic N) is 3. The summed E-state index contributed by atoms with van der Waals surface area (Å²) in [5.74, 6) is 3.24. The number of ether oxygens (including phenoxy) is 1. The first-order chi connectivity index (χ1) is 13.5. The predicted molar refractivity (Wildman–Crippen MR) is 105 cm³/mol. The molecule has 1 saturated carbocycles. The van der Waals surface area contributed by atoms with Crippen LogP contribution in [0.15, 0.2) is 16.7 Å². The summed E-state index contributed by atoms with van der Waals surface area (Å²) in [6.07, 6.45) is 6.46. The van der Waals surface area contributed by atoms with E-state index in [2.05, 4.69) is 4.98 Å². The molecule has 0 radical (unpaired) electrons. The van der Waals surface area contributed by atoms with Crippen LogP contribution >= 0.6 is 0 Å². The van der Waals surface area contributed by atoms with Crippen LogP contribution in [0.3, 0.4) is 0 Å². The summed E-state index contributed by atoms with van der Waals surface area (Å²) in [6, 6.07) is 1.84. The second-order valence-electron chi connectivity index (χ2n) is 8.20. The molecule has 1 amide bonds. The minimum atomic E-state index is 0.0522. The van der Waals surface area contributed by atoms with Gasteiger partial charge in [-0.3, -0.25) is 4.79 Å². The van der Waals surface area contributed by atoms with Gasteiger partial charge in [-0.25, -0.2) is 9.97 Å². The highest BCUT2D eigenvalue weighted by Gasteiger charge is 2.30. The number of furan rings is 1. The second-order valence-corrected chi connectivity index (χ2v) is 8.20. The van der Waals surface area contributed by atoms with Crippen LogP contribution in [0.2, 0.25) is 0 Å². The van der Waals surface area contributed by atoms with Crippen LogP contribution in [0.25, 0.3) is 0 Å². The van der Waals surface area contributed by atoms with E-state index >= 15 is 0 Å². The lowest BCUT2D eigenvalue weighted by atomic mass is 9.91. The molecule has 0 N–H and O–H groups in total. The minimum absolute atomic E-state index is 0.0522. The zero-order chi connectivity index (χ0) is 19.7. The summed E-state index contributed by atoms with van der Waals surface area (Å²) >= 11 is 0. The Kier molecular flexibility index (Phi) is 5.49. The third-order valence-electron chi connectivity index (χ3n) is 5.69. The molecule has 0 bridgehead atoms. The number of carbonyl (C=O) groups excluding carboxylic acids is 1. The Bertz CT molecular complexity index is 857. The molecular formula is C22H29N3O3. The lowest BCUT2D eigenvalue weighted by molar-refractivity contribution is 0.0701. The molecule has 150 valence electrons. The van der Waals surface area contributed by atoms with Crippen molar-refractivity contribution in [1.29, 1.82) is 0 Å². The van der Waals surface area contributed by atoms with Gasteiger partial charge in [-0.2, -0.15) is 0 Å². The Labute approximate surface area is 166 Å². The average Bonchev–Trinajstić information content (AvgIpc) is 3.45. The molecule has 2 fully saturated rings. The molecule has 0 spiro atoms. The van der Waals surface area contributed by atoms with E-state index in [1.54, 1.807) is 0 Å². The summed E-state index contributed by atoms with van der Waals surface area (Å²) < 4.78 is 11.5. The number of aromatic nitrogens is 2. The third-order valence-corrected chi connectivity index (χ3v) is 5.69. The molecule has 1 aliphatic carbocycles. The maximum Gasteiger partial charge on any atom is 0.257 e. The maximum atomic E-state index is 13.0. The maximum absolute atomic E-state index is 13.0. The highest BCUT2D eigenvalue weighted by atomic mass is 16.5. The van der Waals surface area contributed by atoms with Crippen LogP contribution in [-0.4, -0.2) is 40.5 Å². The minimum Gasteiger partial charge on any atom is -0.466 e. The summed E-state index contributed by atoms with van der Waals surface area (Å²) in [6.45, 7) is 8.47. The average molecular weight is 383 g/mol. The van der Waals surface area contributed by atoms with Crippen LogP contribution < -0.4 is 0 Å². The second kappa shape index (κ2) is 8.03. The molecule has 2 aromatic heterocycles. The van der Waals surface area contributed by atoms with E-state index in [-0.39, 0.29) is 11.8 Å². The van der Waals surface area contributed by atoms with E-state index in [4.69, 9.17) is 14.1 Å². The van der Waals surface area contributed by atoms with Crippen LogP contribution in [0, 0.1) is 26.7 Å². The molecule has 2 aromatic rings. The van der Waals surface area contributed by atoms with Crippen molar-refractivity contribution >= 4 is 5.91 Å². The van der Waals surface area contributed by atoms with Gasteiger partial charge in [0.25, 0.3) is 5.91 Å². The SMILES string of the molecule is Cc1ncc(COCC2CC2)c(C2CCCN(C(=O)c3cc(C)oc3C)C2)n1. The van der Waals surface area contributed by atoms with Gasteiger partial charge in [0.2, 0.25) is 0 Å². The van der Waals surface area contributed by atoms with Crippen molar-refractivity contribution in [2.45, 2.75) is 59.0 Å². The first kappa shape index (κ1) is 19.1. The van der Waals surface area contributed by atoms with E-state index in [1.165, 1.54) is 12.8 Å². The van der Waals surface area contributed by atoms with Crippen LogP contribution in [0.4, 0.5) is 0 Å². The number of rotatable bonds is 6. The largest absolute Gasteiger partial charge is 0.466 e. The first-order valence-electron chi connectivity index (χ1n) is 10.3. The molecular weight excluding hydrogens is 354 g/mol. The van der Waals surface area contributed by atoms with Gasteiger partial charge in [0.1, 0.15) is 17.3 Å². The van der Waals surface area contributed by atoms with Gasteiger partial charge in [-0.05, 0) is 58.4 Å². The smallest absolute Gasteiger partial charge is 0.257 e. The molecule has 0 aromatic carbocycles. The van der Waals surface area contributed by atoms with Crippen LogP contribution in [0.1, 0.15) is 70.6 Å². The van der Waals surface area contributed by atoms with Crippen LogP contribution in [-0.2, 0) is 11.3 Å². The number of aryl methyl sites for hydroxylation is 3. The Morgan fingerprint density at radius 2 is 2.11 bits per heavy atom. The van der Waals surface area contributed by atoms with Crippen molar-refractivity contribution in [3.63, 3.8) is 0 Å². The van der Waals surface area contributed by atoms with E-state index in [9.17, 15) is 4.79 Å². The molecule has 1 saturated heterocycles. The van der Waals surface area contributed by atoms with E-state index in [0.717, 1.165) is 54.8 Å². The molecule has 6 nitrogen and oxygen atoms in total. The fourth-order valence-electron chi connectivity index (χ4n) is 4.00. The molecule has 2 aliphatic rings. The highest BCUT2D eigenvalue weighted by molar-refractivity contribution is 5.95. The lowest BCUT2D eigenvalue weighted by Gasteiger charge is -2.33. The lowest BCUT2D eigenvalue weighted by Crippen LogP contribution is -2.39. The van der Waals surface area contributed by atoms with Crippen molar-refractivity contribution in [1.82, 2.24) is 14.9 Å². The molecule has 1 unspecified atom stereocenters. The number of likely N-dealkylation sites (tertiary alicyclic amines) is 1. The third kappa shape index (κ3) is 4.27. The van der Waals surface area contributed by atoms with Crippen LogP contribution in [0.5, 0.6) is 0 Å². The Hall–Kier alpha value is -2.21. The zero-order valence-electron chi connectivity index (χ0n) is 17.0. The molecule has 1 aliphatic heterocycles. The van der Waals surface area contributed by atoms with E-state index < -0.39 is 0 Å². The number of carbonyl (C=O) groups is 1. The number of hydrogen-bond acceptors (Lipinski definition) is 5. The van der Waals surface area contributed by atoms with Crippen molar-refractivity contribution < 1.29 is 13.9 Å². The fraction of sp³-hybridized carbons (Fsp3) is 0.591. The van der Waals surface area contributed by atoms with Crippen molar-refractivity contribution in [3.8, 4) is 0 Å². The molecule has 28 heavy (non-hydrogen) atoms. The van der Waals surface area contributed by atoms with Crippen molar-refractivity contribution in [2.24, 2.45) is 5.92 Å². The first-order valence-corrected chi connectivity index (χ1v) is 10.3. The predicted octanol–water partition coefficient (Wildman–Crippen LogP) is 3.94. The molecule has 3 heterocycles. The molecule has 1 atom stereocenters. The number of hydrogen-bond donors (Lipinski definition) is 0. The van der Waals surface area contributed by atoms with E-state index in [0.29, 0.717) is 24.5 Å². The quantitative estimate of drug-likeness (QED) is 0.756. The molecule has 4 rings (SSSR count). The van der Waals surface area contributed by atoms with Crippen molar-refractivity contribution in [3.05, 3.63) is 46.4 Å². The topological polar surface area (TPSA) is 68.5 Å². The van der Waals surface area contributed by atoms with Gasteiger partial charge < -0.3 is 14.1 Å². The fourth-order valence-corrected chi connectivity index (χ4v) is 4.00. The summed E-state index contributed by atoms with van der Waals surface area (Å²) in [5, 5.41) is 0. The summed E-state index contributed by atoms with van der Waals surface area (Å²) in [7, 11) is 0. The normalized spacial score (nSPS) is 19.8. The van der Waals surface area contributed by atoms with Crippen molar-refractivity contribution in [2.75, 3.05) is 19.7 Å². The highest BCUT2D eigenvalue weighted by Crippen LogP contribution is 2.31. The number of amides is 1. The van der Waals surface area contributed by atoms with Gasteiger partial charge in [-0.15, -0.1) is 0 Å². The Morgan fingerprint density at radius 1 is 1.29 bits per heavy atom. The molecule has 6 heteroatoms. The van der Waals surface area contributed by atoms with Gasteiger partial charge in [-0.1, -0.05) is 0 Å². The zero-order valence-corrected chi connectivity index (χ0v) is 17.0. The Balaban J connectivity index is 1.49. The summed E-state index contributed by atoms with van der Waals surface area (Å²) in [4.78, 5) is 24.1. The van der Waals surface area contributed by atoms with Gasteiger partial charge in [0.05, 0.1) is 17.9 Å². The number of piperidine rings is 1. The van der Waals surface area contributed by atoms with Gasteiger partial charge in [0.15, 0.2) is 0 Å². The standard InChI is InChI=1S/C22H29N3O3/c1-14-9-20(15(2)28-14)22(26)25-8-4-5-18(11-25)21-19(10-23-16(3)24-21)13-27-12-17-6-7-17/h9-10,17-18H,4-8,11-13H2,1-3H3. The Morgan fingerprint density at radius 3 is 2.82 bits per heavy atom.